The number of aromatic nitrogens is 3. The third-order valence-corrected chi connectivity index (χ3v) is 6.49. The summed E-state index contributed by atoms with van der Waals surface area (Å²) in [5.74, 6) is 1.33. The number of ether oxygens (including phenoxy) is 2. The first-order valence-electron chi connectivity index (χ1n) is 11.9. The van der Waals surface area contributed by atoms with Gasteiger partial charge in [-0.1, -0.05) is 6.07 Å². The first kappa shape index (κ1) is 21.9. The lowest BCUT2D eigenvalue weighted by molar-refractivity contribution is 0.0520. The van der Waals surface area contributed by atoms with Gasteiger partial charge in [0.1, 0.15) is 17.0 Å². The molecule has 3 aromatic carbocycles. The number of carbonyl (C=O) groups excluding carboxylic acids is 1. The maximum absolute atomic E-state index is 12.5. The van der Waals surface area contributed by atoms with Crippen molar-refractivity contribution in [1.29, 1.82) is 5.26 Å². The molecule has 2 heterocycles. The number of aromatic amines is 1. The van der Waals surface area contributed by atoms with Gasteiger partial charge in [0.05, 0.1) is 41.4 Å². The second kappa shape index (κ2) is 8.54. The second-order valence-electron chi connectivity index (χ2n) is 8.97. The molecule has 0 spiro atoms. The molecule has 36 heavy (non-hydrogen) atoms. The predicted octanol–water partition coefficient (Wildman–Crippen LogP) is 5.35. The quantitative estimate of drug-likeness (QED) is 0.192. The summed E-state index contributed by atoms with van der Waals surface area (Å²) < 4.78 is 11.2. The minimum atomic E-state index is -0.432. The van der Waals surface area contributed by atoms with Crippen LogP contribution in [0.4, 0.5) is 5.69 Å². The molecule has 8 heteroatoms. The van der Waals surface area contributed by atoms with E-state index in [0.29, 0.717) is 51.9 Å². The molecule has 0 radical (unpaired) electrons. The Morgan fingerprint density at radius 2 is 1.89 bits per heavy atom. The third kappa shape index (κ3) is 3.66. The molecule has 0 aliphatic heterocycles. The van der Waals surface area contributed by atoms with E-state index >= 15 is 0 Å². The summed E-state index contributed by atoms with van der Waals surface area (Å²) in [6.07, 6.45) is 2.40. The van der Waals surface area contributed by atoms with Crippen LogP contribution in [0, 0.1) is 17.2 Å². The van der Waals surface area contributed by atoms with Crippen molar-refractivity contribution in [3.63, 3.8) is 0 Å². The smallest absolute Gasteiger partial charge is 0.354 e. The highest BCUT2D eigenvalue weighted by atomic mass is 16.5. The molecule has 3 N–H and O–H groups in total. The molecule has 0 saturated heterocycles. The zero-order chi connectivity index (χ0) is 24.8. The van der Waals surface area contributed by atoms with Gasteiger partial charge in [-0.3, -0.25) is 0 Å². The fourth-order valence-corrected chi connectivity index (χ4v) is 4.50. The van der Waals surface area contributed by atoms with Crippen LogP contribution in [-0.2, 0) is 4.74 Å². The lowest BCUT2D eigenvalue weighted by Gasteiger charge is -2.11. The predicted molar refractivity (Wildman–Crippen MR) is 138 cm³/mol. The molecule has 1 saturated carbocycles. The number of hydrogen-bond donors (Lipinski definition) is 2. The zero-order valence-electron chi connectivity index (χ0n) is 19.7. The zero-order valence-corrected chi connectivity index (χ0v) is 19.7. The van der Waals surface area contributed by atoms with E-state index in [4.69, 9.17) is 25.2 Å². The van der Waals surface area contributed by atoms with Crippen LogP contribution >= 0.6 is 0 Å². The number of nitrogens with one attached hydrogen (secondary N) is 1. The highest BCUT2D eigenvalue weighted by Gasteiger charge is 2.23. The van der Waals surface area contributed by atoms with E-state index in [1.54, 1.807) is 31.2 Å². The molecule has 0 atom stereocenters. The normalized spacial score (nSPS) is 13.2. The number of imidazole rings is 1. The second-order valence-corrected chi connectivity index (χ2v) is 8.97. The number of nitrogens with zero attached hydrogens (tertiary/aromatic N) is 3. The first-order valence-corrected chi connectivity index (χ1v) is 11.9. The number of nitrogen functional groups attached to an aromatic ring is 1. The average Bonchev–Trinajstić information content (AvgIpc) is 3.63. The summed E-state index contributed by atoms with van der Waals surface area (Å²) in [4.78, 5) is 25.4. The summed E-state index contributed by atoms with van der Waals surface area (Å²) in [6, 6.07) is 16.7. The average molecular weight is 478 g/mol. The summed E-state index contributed by atoms with van der Waals surface area (Å²) >= 11 is 0. The molecular formula is C28H23N5O3. The van der Waals surface area contributed by atoms with Gasteiger partial charge in [0.25, 0.3) is 0 Å². The standard InChI is InChI=1S/C28H23N5O3/c1-2-35-28(34)22-11-10-19-24(31-22)20-12-17(36-14-15-6-7-15)8-9-18(20)25-26(19)33-27(32-25)23-16(13-29)4-3-5-21(23)30/h3-5,8-12,15,31H,2,6-7,14,30H2,1H3. The van der Waals surface area contributed by atoms with E-state index < -0.39 is 5.97 Å². The molecule has 1 aliphatic rings. The Bertz CT molecular complexity index is 1710. The third-order valence-electron chi connectivity index (χ3n) is 6.49. The Morgan fingerprint density at radius 3 is 2.64 bits per heavy atom. The number of H-pyrrole nitrogens is 1. The van der Waals surface area contributed by atoms with Gasteiger partial charge >= 0.3 is 5.97 Å². The number of nitriles is 1. The Morgan fingerprint density at radius 1 is 1.11 bits per heavy atom. The van der Waals surface area contributed by atoms with E-state index in [0.717, 1.165) is 27.4 Å². The minimum Gasteiger partial charge on any atom is -0.493 e. The van der Waals surface area contributed by atoms with Crippen LogP contribution in [0.3, 0.4) is 0 Å². The van der Waals surface area contributed by atoms with Crippen molar-refractivity contribution >= 4 is 44.4 Å². The van der Waals surface area contributed by atoms with Crippen LogP contribution in [0.2, 0.25) is 0 Å². The maximum Gasteiger partial charge on any atom is 0.354 e. The number of pyridine rings is 1. The lowest BCUT2D eigenvalue weighted by Crippen LogP contribution is -2.07. The largest absolute Gasteiger partial charge is 0.493 e. The number of rotatable bonds is 6. The number of carbonyl (C=O) groups is 1. The fraction of sp³-hybridized carbons (Fsp3) is 0.214. The molecule has 1 fully saturated rings. The summed E-state index contributed by atoms with van der Waals surface area (Å²) in [5.41, 5.74) is 9.99. The number of hydrogen-bond acceptors (Lipinski definition) is 7. The van der Waals surface area contributed by atoms with Gasteiger partial charge in [-0.05, 0) is 68.1 Å². The minimum absolute atomic E-state index is 0.279. The highest BCUT2D eigenvalue weighted by Crippen LogP contribution is 2.38. The van der Waals surface area contributed by atoms with Gasteiger partial charge in [-0.2, -0.15) is 5.26 Å². The van der Waals surface area contributed by atoms with E-state index in [-0.39, 0.29) is 6.61 Å². The number of esters is 1. The molecule has 8 nitrogen and oxygen atoms in total. The Balaban J connectivity index is 1.62. The molecule has 1 aliphatic carbocycles. The van der Waals surface area contributed by atoms with E-state index in [2.05, 4.69) is 11.1 Å². The first-order chi connectivity index (χ1) is 17.6. The maximum atomic E-state index is 12.5. The number of fused-ring (bicyclic) bond motifs is 6. The van der Waals surface area contributed by atoms with E-state index in [1.807, 2.05) is 24.3 Å². The van der Waals surface area contributed by atoms with Crippen molar-refractivity contribution < 1.29 is 14.3 Å². The number of anilines is 1. The lowest BCUT2D eigenvalue weighted by atomic mass is 10.0. The summed E-state index contributed by atoms with van der Waals surface area (Å²) in [6.45, 7) is 2.74. The van der Waals surface area contributed by atoms with Crippen LogP contribution in [0.25, 0.3) is 44.1 Å². The Kier molecular flexibility index (Phi) is 5.19. The van der Waals surface area contributed by atoms with Gasteiger partial charge < -0.3 is 20.2 Å². The van der Waals surface area contributed by atoms with Crippen molar-refractivity contribution in [1.82, 2.24) is 15.0 Å². The van der Waals surface area contributed by atoms with Gasteiger partial charge in [-0.15, -0.1) is 0 Å². The monoisotopic (exact) mass is 477 g/mol. The fourth-order valence-electron chi connectivity index (χ4n) is 4.50. The summed E-state index contributed by atoms with van der Waals surface area (Å²) in [7, 11) is 0. The van der Waals surface area contributed by atoms with E-state index in [9.17, 15) is 10.1 Å². The van der Waals surface area contributed by atoms with Crippen molar-refractivity contribution in [2.24, 2.45) is 5.92 Å². The molecule has 6 rings (SSSR count). The molecule has 0 amide bonds. The Hall–Kier alpha value is -4.64. The highest BCUT2D eigenvalue weighted by molar-refractivity contribution is 6.23. The van der Waals surface area contributed by atoms with E-state index in [1.165, 1.54) is 12.8 Å². The van der Waals surface area contributed by atoms with Crippen molar-refractivity contribution in [3.8, 4) is 23.2 Å². The van der Waals surface area contributed by atoms with Crippen molar-refractivity contribution in [3.05, 3.63) is 59.8 Å². The number of nitrogens with two attached hydrogens (primary N) is 1. The van der Waals surface area contributed by atoms with Crippen LogP contribution in [-0.4, -0.2) is 34.1 Å². The molecular weight excluding hydrogens is 454 g/mol. The summed E-state index contributed by atoms with van der Waals surface area (Å²) in [5, 5.41) is 12.1. The molecule has 5 aromatic rings. The van der Waals surface area contributed by atoms with Crippen LogP contribution in [0.15, 0.2) is 48.5 Å². The van der Waals surface area contributed by atoms with Crippen molar-refractivity contribution in [2.75, 3.05) is 18.9 Å². The topological polar surface area (TPSA) is 127 Å². The Labute approximate surface area is 206 Å². The number of benzene rings is 3. The van der Waals surface area contributed by atoms with Gasteiger partial charge in [0.2, 0.25) is 0 Å². The SMILES string of the molecule is CCOC(=O)c1ccc2c3nc(-c4c(N)cccc4C#N)nc3c3ccc(OCC4CC4)cc3c2[nH]1. The molecule has 2 aromatic heterocycles. The van der Waals surface area contributed by atoms with Gasteiger partial charge in [-0.25, -0.2) is 14.8 Å². The van der Waals surface area contributed by atoms with Gasteiger partial charge in [0, 0.05) is 21.8 Å². The molecule has 0 bridgehead atoms. The van der Waals surface area contributed by atoms with Crippen LogP contribution < -0.4 is 10.5 Å². The molecule has 0 unspecified atom stereocenters. The van der Waals surface area contributed by atoms with Crippen LogP contribution in [0.1, 0.15) is 35.8 Å². The van der Waals surface area contributed by atoms with Gasteiger partial charge in [0.15, 0.2) is 5.82 Å². The van der Waals surface area contributed by atoms with Crippen molar-refractivity contribution in [2.45, 2.75) is 19.8 Å². The molecule has 178 valence electrons. The van der Waals surface area contributed by atoms with Crippen LogP contribution in [0.5, 0.6) is 5.75 Å².